The van der Waals surface area contributed by atoms with E-state index in [4.69, 9.17) is 10.9 Å². The Morgan fingerprint density at radius 2 is 2.08 bits per heavy atom. The summed E-state index contributed by atoms with van der Waals surface area (Å²) in [6.07, 6.45) is 1.78. The van der Waals surface area contributed by atoms with E-state index in [-0.39, 0.29) is 11.6 Å². The molecular formula is C18H17FN4O3. The van der Waals surface area contributed by atoms with Gasteiger partial charge in [0.15, 0.2) is 0 Å². The largest absolute Gasteiger partial charge is 0.481 e. The van der Waals surface area contributed by atoms with Crippen LogP contribution in [0, 0.1) is 11.7 Å². The van der Waals surface area contributed by atoms with Gasteiger partial charge in [-0.2, -0.15) is 0 Å². The van der Waals surface area contributed by atoms with E-state index in [2.05, 4.69) is 15.7 Å². The number of nitrogens with one attached hydrogen (secondary N) is 2. The zero-order valence-corrected chi connectivity index (χ0v) is 13.6. The first kappa shape index (κ1) is 17.6. The number of nitrogens with two attached hydrogens (primary N) is 1. The highest BCUT2D eigenvalue weighted by atomic mass is 19.1. The van der Waals surface area contributed by atoms with E-state index in [1.165, 1.54) is 24.5 Å². The fraction of sp³-hybridized carbons (Fsp3) is 0.167. The first-order valence-corrected chi connectivity index (χ1v) is 7.92. The summed E-state index contributed by atoms with van der Waals surface area (Å²) in [5, 5.41) is 11.5. The summed E-state index contributed by atoms with van der Waals surface area (Å²) in [4.78, 5) is 27.2. The zero-order chi connectivity index (χ0) is 18.7. The number of rotatable bonds is 6. The maximum absolute atomic E-state index is 14.3. The topological polar surface area (TPSA) is 117 Å². The van der Waals surface area contributed by atoms with Gasteiger partial charge in [0, 0.05) is 5.56 Å². The van der Waals surface area contributed by atoms with Crippen LogP contribution in [-0.2, 0) is 4.79 Å². The number of hydrogen-bond acceptors (Lipinski definition) is 4. The smallest absolute Gasteiger partial charge is 0.307 e. The number of halogens is 1. The van der Waals surface area contributed by atoms with E-state index >= 15 is 0 Å². The maximum atomic E-state index is 14.3. The van der Waals surface area contributed by atoms with Gasteiger partial charge in [0.1, 0.15) is 12.2 Å². The van der Waals surface area contributed by atoms with Crippen LogP contribution in [0.15, 0.2) is 47.5 Å². The van der Waals surface area contributed by atoms with Crippen molar-refractivity contribution in [2.45, 2.75) is 12.3 Å². The Kier molecular flexibility index (Phi) is 4.94. The van der Waals surface area contributed by atoms with Gasteiger partial charge < -0.3 is 15.8 Å². The van der Waals surface area contributed by atoms with E-state index in [0.29, 0.717) is 23.2 Å². The van der Waals surface area contributed by atoms with Crippen molar-refractivity contribution in [2.24, 2.45) is 16.8 Å². The Morgan fingerprint density at radius 3 is 2.73 bits per heavy atom. The second-order valence-electron chi connectivity index (χ2n) is 5.96. The molecule has 2 unspecified atom stereocenters. The zero-order valence-electron chi connectivity index (χ0n) is 13.6. The normalized spacial score (nSPS) is 18.5. The van der Waals surface area contributed by atoms with Gasteiger partial charge in [-0.1, -0.05) is 12.1 Å². The summed E-state index contributed by atoms with van der Waals surface area (Å²) in [7, 11) is 0. The van der Waals surface area contributed by atoms with Crippen molar-refractivity contribution < 1.29 is 19.1 Å². The van der Waals surface area contributed by atoms with Gasteiger partial charge in [0.25, 0.3) is 5.91 Å². The summed E-state index contributed by atoms with van der Waals surface area (Å²) in [6, 6.07) is 10.8. The molecule has 0 aliphatic heterocycles. The molecule has 1 aliphatic rings. The number of anilines is 1. The second kappa shape index (κ2) is 7.32. The lowest BCUT2D eigenvalue weighted by Gasteiger charge is -2.08. The summed E-state index contributed by atoms with van der Waals surface area (Å²) in [5.41, 5.74) is 3.75. The molecule has 8 heteroatoms. The van der Waals surface area contributed by atoms with Crippen LogP contribution < -0.4 is 16.6 Å². The Labute approximate surface area is 148 Å². The van der Waals surface area contributed by atoms with Crippen LogP contribution in [0.3, 0.4) is 0 Å². The van der Waals surface area contributed by atoms with Gasteiger partial charge >= 0.3 is 5.97 Å². The highest BCUT2D eigenvalue weighted by molar-refractivity contribution is 6.04. The van der Waals surface area contributed by atoms with Crippen LogP contribution in [-0.4, -0.2) is 23.3 Å². The lowest BCUT2D eigenvalue weighted by atomic mass is 10.1. The molecule has 2 aromatic rings. The van der Waals surface area contributed by atoms with Crippen LogP contribution in [0.25, 0.3) is 0 Å². The predicted molar refractivity (Wildman–Crippen MR) is 94.8 cm³/mol. The number of carbonyl (C=O) groups excluding carboxylic acids is 1. The summed E-state index contributed by atoms with van der Waals surface area (Å²) in [6.45, 7) is 0. The third kappa shape index (κ3) is 3.86. The molecular weight excluding hydrogens is 339 g/mol. The van der Waals surface area contributed by atoms with Crippen LogP contribution in [0.5, 0.6) is 0 Å². The minimum atomic E-state index is -0.875. The minimum absolute atomic E-state index is 0.0313. The molecule has 0 bridgehead atoms. The van der Waals surface area contributed by atoms with Crippen LogP contribution >= 0.6 is 0 Å². The SMILES string of the molecule is NNC=Nc1cccc(C(=O)Nc2ccc(C3CC3C(=O)O)cc2F)c1. The minimum Gasteiger partial charge on any atom is -0.481 e. The van der Waals surface area contributed by atoms with Crippen molar-refractivity contribution >= 4 is 29.6 Å². The molecule has 0 saturated heterocycles. The maximum Gasteiger partial charge on any atom is 0.307 e. The highest BCUT2D eigenvalue weighted by Gasteiger charge is 2.44. The Balaban J connectivity index is 1.72. The molecule has 0 radical (unpaired) electrons. The second-order valence-corrected chi connectivity index (χ2v) is 5.96. The molecule has 7 nitrogen and oxygen atoms in total. The number of nitrogens with zero attached hydrogens (tertiary/aromatic N) is 1. The number of carboxylic acids is 1. The Morgan fingerprint density at radius 1 is 1.27 bits per heavy atom. The number of hydrogen-bond donors (Lipinski definition) is 4. The van der Waals surface area contributed by atoms with Crippen molar-refractivity contribution in [3.63, 3.8) is 0 Å². The average molecular weight is 356 g/mol. The molecule has 0 aromatic heterocycles. The monoisotopic (exact) mass is 356 g/mol. The van der Waals surface area contributed by atoms with Crippen molar-refractivity contribution in [1.29, 1.82) is 0 Å². The molecule has 1 amide bonds. The number of carboxylic acid groups (broad SMARTS) is 1. The van der Waals surface area contributed by atoms with Crippen molar-refractivity contribution in [1.82, 2.24) is 5.43 Å². The molecule has 1 fully saturated rings. The molecule has 2 aromatic carbocycles. The number of aliphatic carboxylic acids is 1. The van der Waals surface area contributed by atoms with Crippen LogP contribution in [0.1, 0.15) is 28.3 Å². The molecule has 0 spiro atoms. The summed E-state index contributed by atoms with van der Waals surface area (Å²) >= 11 is 0. The van der Waals surface area contributed by atoms with E-state index < -0.39 is 23.6 Å². The fourth-order valence-corrected chi connectivity index (χ4v) is 2.73. The van der Waals surface area contributed by atoms with Crippen LogP contribution in [0.4, 0.5) is 15.8 Å². The molecule has 2 atom stereocenters. The molecule has 26 heavy (non-hydrogen) atoms. The lowest BCUT2D eigenvalue weighted by molar-refractivity contribution is -0.138. The lowest BCUT2D eigenvalue weighted by Crippen LogP contribution is -2.18. The van der Waals surface area contributed by atoms with Crippen molar-refractivity contribution in [3.05, 3.63) is 59.4 Å². The van der Waals surface area contributed by atoms with Crippen LogP contribution in [0.2, 0.25) is 0 Å². The van der Waals surface area contributed by atoms with E-state index in [9.17, 15) is 14.0 Å². The van der Waals surface area contributed by atoms with Gasteiger partial charge in [0.2, 0.25) is 0 Å². The number of benzene rings is 2. The van der Waals surface area contributed by atoms with E-state index in [0.717, 1.165) is 0 Å². The van der Waals surface area contributed by atoms with Gasteiger partial charge in [0.05, 0.1) is 17.3 Å². The molecule has 5 N–H and O–H groups in total. The fourth-order valence-electron chi connectivity index (χ4n) is 2.73. The number of aliphatic imine (C=N–C) groups is 1. The summed E-state index contributed by atoms with van der Waals surface area (Å²) < 4.78 is 14.3. The molecule has 1 aliphatic carbocycles. The number of hydrazine groups is 1. The van der Waals surface area contributed by atoms with Crippen molar-refractivity contribution in [2.75, 3.05) is 5.32 Å². The van der Waals surface area contributed by atoms with E-state index in [1.807, 2.05) is 0 Å². The quantitative estimate of drug-likeness (QED) is 0.274. The Bertz CT molecular complexity index is 884. The highest BCUT2D eigenvalue weighted by Crippen LogP contribution is 2.47. The van der Waals surface area contributed by atoms with Gasteiger partial charge in [-0.15, -0.1) is 0 Å². The summed E-state index contributed by atoms with van der Waals surface area (Å²) in [5.74, 6) is 2.52. The molecule has 3 rings (SSSR count). The number of carbonyl (C=O) groups is 2. The Hall–Kier alpha value is -3.26. The van der Waals surface area contributed by atoms with Gasteiger partial charge in [-0.25, -0.2) is 15.2 Å². The third-order valence-corrected chi connectivity index (χ3v) is 4.17. The van der Waals surface area contributed by atoms with Gasteiger partial charge in [-0.05, 0) is 48.2 Å². The predicted octanol–water partition coefficient (Wildman–Crippen LogP) is 2.39. The number of amides is 1. The molecule has 0 heterocycles. The molecule has 1 saturated carbocycles. The van der Waals surface area contributed by atoms with Gasteiger partial charge in [-0.3, -0.25) is 9.59 Å². The third-order valence-electron chi connectivity index (χ3n) is 4.17. The standard InChI is InChI=1S/C18H17FN4O3/c19-15-7-10(13-8-14(13)18(25)26)4-5-16(15)23-17(24)11-2-1-3-12(6-11)21-9-22-20/h1-7,9,13-14H,8,20H2,(H,21,22)(H,23,24)(H,25,26). The first-order chi connectivity index (χ1) is 12.5. The first-order valence-electron chi connectivity index (χ1n) is 7.92. The average Bonchev–Trinajstić information content (AvgIpc) is 3.43. The van der Waals surface area contributed by atoms with Crippen molar-refractivity contribution in [3.8, 4) is 0 Å². The van der Waals surface area contributed by atoms with E-state index in [1.54, 1.807) is 24.3 Å². The molecule has 134 valence electrons.